The molecule has 1 atom stereocenters. The topological polar surface area (TPSA) is 39.9 Å². The Hall–Kier alpha value is -1.13. The van der Waals surface area contributed by atoms with Gasteiger partial charge in [-0.05, 0) is 25.0 Å². The highest BCUT2D eigenvalue weighted by Gasteiger charge is 2.20. The first-order valence-electron chi connectivity index (χ1n) is 6.74. The normalized spacial score (nSPS) is 19.4. The number of hydrogen-bond donors (Lipinski definition) is 0. The molecule has 1 aliphatic heterocycles. The van der Waals surface area contributed by atoms with Gasteiger partial charge in [0.05, 0.1) is 6.61 Å². The zero-order chi connectivity index (χ0) is 13.2. The molecule has 19 heavy (non-hydrogen) atoms. The van der Waals surface area contributed by atoms with Crippen LogP contribution in [-0.2, 0) is 17.7 Å². The van der Waals surface area contributed by atoms with Crippen LogP contribution in [0.15, 0.2) is 12.3 Å². The van der Waals surface area contributed by atoms with Crippen LogP contribution in [0.4, 0.5) is 0 Å². The maximum Gasteiger partial charge on any atom is 0.160 e. The first-order valence-corrected chi connectivity index (χ1v) is 7.27. The van der Waals surface area contributed by atoms with Gasteiger partial charge in [-0.25, -0.2) is 9.97 Å². The van der Waals surface area contributed by atoms with Gasteiger partial charge >= 0.3 is 0 Å². The number of aromatic nitrogens is 3. The number of rotatable bonds is 4. The number of pyridine rings is 1. The molecular weight excluding hydrogens is 262 g/mol. The third-order valence-electron chi connectivity index (χ3n) is 3.70. The summed E-state index contributed by atoms with van der Waals surface area (Å²) in [5, 5.41) is 0. The highest BCUT2D eigenvalue weighted by atomic mass is 35.5. The maximum atomic E-state index is 5.89. The van der Waals surface area contributed by atoms with E-state index in [1.54, 1.807) is 0 Å². The summed E-state index contributed by atoms with van der Waals surface area (Å²) in [6.07, 6.45) is 3.75. The van der Waals surface area contributed by atoms with Crippen LogP contribution in [0.5, 0.6) is 0 Å². The largest absolute Gasteiger partial charge is 0.381 e. The second-order valence-electron chi connectivity index (χ2n) is 5.11. The minimum Gasteiger partial charge on any atom is -0.381 e. The molecule has 4 nitrogen and oxygen atoms in total. The summed E-state index contributed by atoms with van der Waals surface area (Å²) in [6, 6.07) is 2.00. The monoisotopic (exact) mass is 279 g/mol. The van der Waals surface area contributed by atoms with Crippen molar-refractivity contribution in [1.82, 2.24) is 14.5 Å². The molecule has 2 aromatic heterocycles. The van der Waals surface area contributed by atoms with Crippen LogP contribution >= 0.6 is 11.6 Å². The van der Waals surface area contributed by atoms with Gasteiger partial charge in [0.25, 0.3) is 0 Å². The molecule has 1 aliphatic rings. The van der Waals surface area contributed by atoms with E-state index in [0.717, 1.165) is 49.6 Å². The van der Waals surface area contributed by atoms with Crippen molar-refractivity contribution in [3.05, 3.63) is 23.7 Å². The van der Waals surface area contributed by atoms with Crippen molar-refractivity contribution in [1.29, 1.82) is 0 Å². The van der Waals surface area contributed by atoms with Crippen LogP contribution in [0.2, 0.25) is 0 Å². The molecule has 0 amide bonds. The number of alkyl halides is 1. The fraction of sp³-hybridized carbons (Fsp3) is 0.571. The summed E-state index contributed by atoms with van der Waals surface area (Å²) in [4.78, 5) is 9.22. The van der Waals surface area contributed by atoms with Crippen molar-refractivity contribution >= 4 is 22.8 Å². The Kier molecular flexibility index (Phi) is 3.71. The number of nitrogens with zero attached hydrogens (tertiary/aromatic N) is 3. The zero-order valence-corrected chi connectivity index (χ0v) is 11.9. The fourth-order valence-corrected chi connectivity index (χ4v) is 2.81. The molecule has 1 saturated heterocycles. The molecule has 0 saturated carbocycles. The summed E-state index contributed by atoms with van der Waals surface area (Å²) < 4.78 is 7.69. The molecule has 0 bridgehead atoms. The molecule has 0 N–H and O–H groups in total. The van der Waals surface area contributed by atoms with E-state index in [1.807, 2.05) is 12.3 Å². The molecule has 0 spiro atoms. The van der Waals surface area contributed by atoms with E-state index >= 15 is 0 Å². The number of hydrogen-bond acceptors (Lipinski definition) is 3. The average molecular weight is 280 g/mol. The summed E-state index contributed by atoms with van der Waals surface area (Å²) in [6.45, 7) is 4.71. The average Bonchev–Trinajstić information content (AvgIpc) is 3.01. The van der Waals surface area contributed by atoms with Crippen molar-refractivity contribution in [2.75, 3.05) is 19.1 Å². The second kappa shape index (κ2) is 5.47. The molecule has 2 aromatic rings. The Balaban J connectivity index is 2.02. The minimum atomic E-state index is 0.564. The Morgan fingerprint density at radius 3 is 3.16 bits per heavy atom. The van der Waals surface area contributed by atoms with E-state index in [0.29, 0.717) is 11.8 Å². The Labute approximate surface area is 117 Å². The molecule has 5 heteroatoms. The van der Waals surface area contributed by atoms with E-state index in [-0.39, 0.29) is 0 Å². The van der Waals surface area contributed by atoms with Crippen molar-refractivity contribution in [3.8, 4) is 0 Å². The lowest BCUT2D eigenvalue weighted by Crippen LogP contribution is -2.14. The van der Waals surface area contributed by atoms with E-state index in [4.69, 9.17) is 21.3 Å². The van der Waals surface area contributed by atoms with Gasteiger partial charge in [-0.1, -0.05) is 0 Å². The standard InChI is InChI=1S/C14H18ClN3O/c1-10-3-6-16-14-13(10)17-12(2-5-15)18(14)8-11-4-7-19-9-11/h3,6,11H,2,4-5,7-9H2,1H3. The van der Waals surface area contributed by atoms with Crippen LogP contribution in [0.1, 0.15) is 17.8 Å². The molecule has 3 rings (SSSR count). The van der Waals surface area contributed by atoms with Crippen molar-refractivity contribution < 1.29 is 4.74 Å². The molecule has 0 aliphatic carbocycles. The molecule has 102 valence electrons. The molecule has 3 heterocycles. The van der Waals surface area contributed by atoms with E-state index in [1.165, 1.54) is 5.56 Å². The zero-order valence-electron chi connectivity index (χ0n) is 11.1. The Morgan fingerprint density at radius 1 is 1.53 bits per heavy atom. The molecule has 1 fully saturated rings. The molecule has 0 aromatic carbocycles. The summed E-state index contributed by atoms with van der Waals surface area (Å²) in [5.74, 6) is 2.19. The lowest BCUT2D eigenvalue weighted by molar-refractivity contribution is 0.182. The Morgan fingerprint density at radius 2 is 2.42 bits per heavy atom. The van der Waals surface area contributed by atoms with E-state index in [9.17, 15) is 0 Å². The van der Waals surface area contributed by atoms with Crippen molar-refractivity contribution in [2.45, 2.75) is 26.3 Å². The van der Waals surface area contributed by atoms with Gasteiger partial charge in [0.2, 0.25) is 0 Å². The molecule has 1 unspecified atom stereocenters. The minimum absolute atomic E-state index is 0.564. The van der Waals surface area contributed by atoms with Crippen LogP contribution in [0, 0.1) is 12.8 Å². The van der Waals surface area contributed by atoms with Crippen LogP contribution in [0.3, 0.4) is 0 Å². The predicted octanol–water partition coefficient (Wildman–Crippen LogP) is 2.56. The number of ether oxygens (including phenoxy) is 1. The number of imidazole rings is 1. The number of aryl methyl sites for hydroxylation is 2. The van der Waals surface area contributed by atoms with Crippen LogP contribution in [-0.4, -0.2) is 33.6 Å². The third kappa shape index (κ3) is 2.47. The highest BCUT2D eigenvalue weighted by molar-refractivity contribution is 6.17. The van der Waals surface area contributed by atoms with Crippen molar-refractivity contribution in [3.63, 3.8) is 0 Å². The SMILES string of the molecule is Cc1ccnc2c1nc(CCCl)n2CC1CCOC1. The molecule has 0 radical (unpaired) electrons. The quantitative estimate of drug-likeness (QED) is 0.808. The van der Waals surface area contributed by atoms with Crippen LogP contribution < -0.4 is 0 Å². The second-order valence-corrected chi connectivity index (χ2v) is 5.49. The van der Waals surface area contributed by atoms with E-state index in [2.05, 4.69) is 16.5 Å². The van der Waals surface area contributed by atoms with Crippen molar-refractivity contribution in [2.24, 2.45) is 5.92 Å². The lowest BCUT2D eigenvalue weighted by Gasteiger charge is -2.12. The Bertz CT molecular complexity index is 575. The molecular formula is C14H18ClN3O. The van der Waals surface area contributed by atoms with Gasteiger partial charge < -0.3 is 9.30 Å². The number of fused-ring (bicyclic) bond motifs is 1. The third-order valence-corrected chi connectivity index (χ3v) is 3.89. The van der Waals surface area contributed by atoms with E-state index < -0.39 is 0 Å². The van der Waals surface area contributed by atoms with Gasteiger partial charge in [0.15, 0.2) is 5.65 Å². The maximum absolute atomic E-state index is 5.89. The smallest absolute Gasteiger partial charge is 0.160 e. The van der Waals surface area contributed by atoms with Gasteiger partial charge in [0.1, 0.15) is 11.3 Å². The number of halogens is 1. The van der Waals surface area contributed by atoms with Gasteiger partial charge in [0, 0.05) is 37.6 Å². The van der Waals surface area contributed by atoms with Gasteiger partial charge in [-0.2, -0.15) is 0 Å². The van der Waals surface area contributed by atoms with Gasteiger partial charge in [-0.15, -0.1) is 11.6 Å². The predicted molar refractivity (Wildman–Crippen MR) is 75.6 cm³/mol. The lowest BCUT2D eigenvalue weighted by atomic mass is 10.1. The fourth-order valence-electron chi connectivity index (χ4n) is 2.64. The summed E-state index contributed by atoms with van der Waals surface area (Å²) >= 11 is 5.89. The highest BCUT2D eigenvalue weighted by Crippen LogP contribution is 2.22. The summed E-state index contributed by atoms with van der Waals surface area (Å²) in [5.41, 5.74) is 3.15. The van der Waals surface area contributed by atoms with Gasteiger partial charge in [-0.3, -0.25) is 0 Å². The van der Waals surface area contributed by atoms with Crippen LogP contribution in [0.25, 0.3) is 11.2 Å². The summed E-state index contributed by atoms with van der Waals surface area (Å²) in [7, 11) is 0. The first-order chi connectivity index (χ1) is 9.29. The first kappa shape index (κ1) is 12.9.